The van der Waals surface area contributed by atoms with E-state index in [4.69, 9.17) is 27.9 Å². The summed E-state index contributed by atoms with van der Waals surface area (Å²) in [4.78, 5) is 0. The predicted molar refractivity (Wildman–Crippen MR) is 58.0 cm³/mol. The van der Waals surface area contributed by atoms with Crippen LogP contribution in [0.1, 0.15) is 11.6 Å². The number of halogens is 2. The van der Waals surface area contributed by atoms with Crippen LogP contribution in [0.3, 0.4) is 0 Å². The highest BCUT2D eigenvalue weighted by atomic mass is 35.5. The first-order valence-electron chi connectivity index (χ1n) is 4.53. The summed E-state index contributed by atoms with van der Waals surface area (Å²) in [6, 6.07) is 5.65. The molecule has 0 aliphatic carbocycles. The predicted octanol–water partition coefficient (Wildman–Crippen LogP) is 2.65. The van der Waals surface area contributed by atoms with Crippen LogP contribution in [-0.4, -0.2) is 19.8 Å². The number of rotatable bonds is 1. The van der Waals surface area contributed by atoms with Crippen molar-refractivity contribution in [2.75, 3.05) is 19.8 Å². The Morgan fingerprint density at radius 2 is 2.21 bits per heavy atom. The molecular weight excluding hydrogens is 221 g/mol. The van der Waals surface area contributed by atoms with Gasteiger partial charge in [-0.25, -0.2) is 0 Å². The monoisotopic (exact) mass is 231 g/mol. The molecule has 76 valence electrons. The van der Waals surface area contributed by atoms with Crippen molar-refractivity contribution in [3.05, 3.63) is 33.8 Å². The number of hydrogen-bond acceptors (Lipinski definition) is 2. The average molecular weight is 232 g/mol. The molecular formula is C10H11Cl2NO. The largest absolute Gasteiger partial charge is 0.378 e. The summed E-state index contributed by atoms with van der Waals surface area (Å²) in [6.07, 6.45) is 0. The van der Waals surface area contributed by atoms with E-state index in [0.717, 1.165) is 23.7 Å². The molecule has 1 aromatic carbocycles. The number of nitrogens with one attached hydrogen (secondary N) is 1. The van der Waals surface area contributed by atoms with E-state index in [-0.39, 0.29) is 6.04 Å². The first-order chi connectivity index (χ1) is 6.77. The van der Waals surface area contributed by atoms with Crippen molar-refractivity contribution >= 4 is 23.2 Å². The molecule has 2 nitrogen and oxygen atoms in total. The van der Waals surface area contributed by atoms with E-state index in [1.54, 1.807) is 6.07 Å². The van der Waals surface area contributed by atoms with Gasteiger partial charge in [-0.15, -0.1) is 0 Å². The first kappa shape index (κ1) is 10.2. The van der Waals surface area contributed by atoms with E-state index in [2.05, 4.69) is 5.32 Å². The van der Waals surface area contributed by atoms with E-state index < -0.39 is 0 Å². The van der Waals surface area contributed by atoms with Crippen LogP contribution in [0, 0.1) is 0 Å². The Morgan fingerprint density at radius 3 is 2.93 bits per heavy atom. The highest BCUT2D eigenvalue weighted by Gasteiger charge is 2.17. The van der Waals surface area contributed by atoms with Gasteiger partial charge < -0.3 is 10.1 Å². The topological polar surface area (TPSA) is 21.3 Å². The molecule has 1 saturated heterocycles. The molecule has 2 rings (SSSR count). The number of benzene rings is 1. The molecule has 0 radical (unpaired) electrons. The summed E-state index contributed by atoms with van der Waals surface area (Å²) < 4.78 is 5.37. The second-order valence-electron chi connectivity index (χ2n) is 3.25. The molecule has 1 atom stereocenters. The Hall–Kier alpha value is -0.280. The zero-order valence-electron chi connectivity index (χ0n) is 7.59. The summed E-state index contributed by atoms with van der Waals surface area (Å²) in [5.41, 5.74) is 1.01. The smallest absolute Gasteiger partial charge is 0.0662 e. The van der Waals surface area contributed by atoms with Crippen molar-refractivity contribution in [1.29, 1.82) is 0 Å². The van der Waals surface area contributed by atoms with Crippen molar-refractivity contribution in [2.24, 2.45) is 0 Å². The van der Waals surface area contributed by atoms with Gasteiger partial charge in [0.15, 0.2) is 0 Å². The third-order valence-corrected chi connectivity index (χ3v) is 2.83. The van der Waals surface area contributed by atoms with Gasteiger partial charge in [-0.2, -0.15) is 0 Å². The minimum Gasteiger partial charge on any atom is -0.378 e. The average Bonchev–Trinajstić information content (AvgIpc) is 2.23. The SMILES string of the molecule is Clc1ccc(Cl)c([C@@H]2COCCN2)c1. The minimum atomic E-state index is 0.162. The first-order valence-corrected chi connectivity index (χ1v) is 5.29. The zero-order valence-corrected chi connectivity index (χ0v) is 9.11. The molecule has 14 heavy (non-hydrogen) atoms. The van der Waals surface area contributed by atoms with Crippen LogP contribution in [0.25, 0.3) is 0 Å². The maximum Gasteiger partial charge on any atom is 0.0662 e. The van der Waals surface area contributed by atoms with Crippen LogP contribution in [0.4, 0.5) is 0 Å². The van der Waals surface area contributed by atoms with Crippen LogP contribution in [0.15, 0.2) is 18.2 Å². The van der Waals surface area contributed by atoms with Gasteiger partial charge in [0.1, 0.15) is 0 Å². The molecule has 1 aliphatic rings. The molecule has 0 aromatic heterocycles. The van der Waals surface area contributed by atoms with Crippen molar-refractivity contribution in [3.63, 3.8) is 0 Å². The molecule has 1 aliphatic heterocycles. The van der Waals surface area contributed by atoms with Gasteiger partial charge in [0, 0.05) is 16.6 Å². The molecule has 1 heterocycles. The van der Waals surface area contributed by atoms with E-state index in [1.807, 2.05) is 12.1 Å². The number of ether oxygens (including phenoxy) is 1. The van der Waals surface area contributed by atoms with Crippen LogP contribution < -0.4 is 5.32 Å². The fourth-order valence-corrected chi connectivity index (χ4v) is 1.98. The highest BCUT2D eigenvalue weighted by molar-refractivity contribution is 6.33. The van der Waals surface area contributed by atoms with Crippen LogP contribution in [-0.2, 0) is 4.74 Å². The Bertz CT molecular complexity index is 324. The van der Waals surface area contributed by atoms with Gasteiger partial charge in [0.05, 0.1) is 19.3 Å². The van der Waals surface area contributed by atoms with E-state index in [9.17, 15) is 0 Å². The fourth-order valence-electron chi connectivity index (χ4n) is 1.55. The number of morpholine rings is 1. The van der Waals surface area contributed by atoms with E-state index in [1.165, 1.54) is 0 Å². The van der Waals surface area contributed by atoms with Crippen molar-refractivity contribution < 1.29 is 4.74 Å². The van der Waals surface area contributed by atoms with Gasteiger partial charge in [-0.1, -0.05) is 23.2 Å². The standard InChI is InChI=1S/C10H11Cl2NO/c11-7-1-2-9(12)8(5-7)10-6-14-4-3-13-10/h1-2,5,10,13H,3-4,6H2/t10-/m0/s1. The lowest BCUT2D eigenvalue weighted by atomic mass is 10.1. The molecule has 1 N–H and O–H groups in total. The Balaban J connectivity index is 2.24. The van der Waals surface area contributed by atoms with Gasteiger partial charge in [0.25, 0.3) is 0 Å². The number of hydrogen-bond donors (Lipinski definition) is 1. The van der Waals surface area contributed by atoms with Crippen molar-refractivity contribution in [3.8, 4) is 0 Å². The summed E-state index contributed by atoms with van der Waals surface area (Å²) in [5.74, 6) is 0. The quantitative estimate of drug-likeness (QED) is 0.803. The van der Waals surface area contributed by atoms with Crippen LogP contribution in [0.5, 0.6) is 0 Å². The lowest BCUT2D eigenvalue weighted by molar-refractivity contribution is 0.0769. The maximum atomic E-state index is 6.08. The summed E-state index contributed by atoms with van der Waals surface area (Å²) in [6.45, 7) is 2.27. The molecule has 1 aromatic rings. The van der Waals surface area contributed by atoms with Crippen molar-refractivity contribution in [2.45, 2.75) is 6.04 Å². The second kappa shape index (κ2) is 4.49. The van der Waals surface area contributed by atoms with Crippen LogP contribution >= 0.6 is 23.2 Å². The van der Waals surface area contributed by atoms with Gasteiger partial charge in [-0.05, 0) is 23.8 Å². The summed E-state index contributed by atoms with van der Waals surface area (Å²) in [5, 5.41) is 4.77. The molecule has 0 saturated carbocycles. The molecule has 4 heteroatoms. The molecule has 1 fully saturated rings. The second-order valence-corrected chi connectivity index (χ2v) is 4.09. The fraction of sp³-hybridized carbons (Fsp3) is 0.400. The zero-order chi connectivity index (χ0) is 9.97. The third-order valence-electron chi connectivity index (χ3n) is 2.26. The van der Waals surface area contributed by atoms with Gasteiger partial charge >= 0.3 is 0 Å². The Labute approximate surface area is 93.2 Å². The maximum absolute atomic E-state index is 6.08. The lowest BCUT2D eigenvalue weighted by Crippen LogP contribution is -2.34. The molecule has 0 spiro atoms. The van der Waals surface area contributed by atoms with E-state index in [0.29, 0.717) is 11.6 Å². The molecule has 0 unspecified atom stereocenters. The van der Waals surface area contributed by atoms with Gasteiger partial charge in [-0.3, -0.25) is 0 Å². The van der Waals surface area contributed by atoms with Crippen LogP contribution in [0.2, 0.25) is 10.0 Å². The normalized spacial score (nSPS) is 22.3. The molecule has 0 amide bonds. The summed E-state index contributed by atoms with van der Waals surface area (Å²) in [7, 11) is 0. The minimum absolute atomic E-state index is 0.162. The Kier molecular flexibility index (Phi) is 3.29. The third kappa shape index (κ3) is 2.20. The Morgan fingerprint density at radius 1 is 1.36 bits per heavy atom. The lowest BCUT2D eigenvalue weighted by Gasteiger charge is -2.25. The van der Waals surface area contributed by atoms with Crippen molar-refractivity contribution in [1.82, 2.24) is 5.32 Å². The van der Waals surface area contributed by atoms with E-state index >= 15 is 0 Å². The van der Waals surface area contributed by atoms with Gasteiger partial charge in [0.2, 0.25) is 0 Å². The summed E-state index contributed by atoms with van der Waals surface area (Å²) >= 11 is 12.0. The highest BCUT2D eigenvalue weighted by Crippen LogP contribution is 2.27. The molecule has 0 bridgehead atoms.